The van der Waals surface area contributed by atoms with Gasteiger partial charge in [-0.15, -0.1) is 0 Å². The zero-order valence-electron chi connectivity index (χ0n) is 14.5. The number of ketones is 1. The van der Waals surface area contributed by atoms with Crippen LogP contribution in [0, 0.1) is 5.92 Å². The van der Waals surface area contributed by atoms with E-state index in [0.29, 0.717) is 16.7 Å². The predicted octanol–water partition coefficient (Wildman–Crippen LogP) is 3.17. The van der Waals surface area contributed by atoms with Crippen LogP contribution in [-0.4, -0.2) is 24.8 Å². The van der Waals surface area contributed by atoms with Crippen LogP contribution in [0.5, 0.6) is 0 Å². The van der Waals surface area contributed by atoms with Crippen LogP contribution in [0.4, 0.5) is 0 Å². The van der Waals surface area contributed by atoms with E-state index in [0.717, 1.165) is 0 Å². The number of methoxy groups -OCH3 is 1. The van der Waals surface area contributed by atoms with Crippen molar-refractivity contribution in [1.82, 2.24) is 5.32 Å². The third kappa shape index (κ3) is 4.32. The fourth-order valence-electron chi connectivity index (χ4n) is 2.77. The van der Waals surface area contributed by atoms with Crippen molar-refractivity contribution in [2.45, 2.75) is 19.9 Å². The number of amides is 1. The van der Waals surface area contributed by atoms with Crippen molar-refractivity contribution in [3.8, 4) is 0 Å². The summed E-state index contributed by atoms with van der Waals surface area (Å²) in [6, 6.07) is 15.1. The molecule has 0 aliphatic heterocycles. The largest absolute Gasteiger partial charge is 0.465 e. The van der Waals surface area contributed by atoms with E-state index in [9.17, 15) is 14.4 Å². The molecule has 0 saturated heterocycles. The second kappa shape index (κ2) is 8.24. The van der Waals surface area contributed by atoms with Gasteiger partial charge in [-0.05, 0) is 11.6 Å². The number of hydrogen-bond acceptors (Lipinski definition) is 4. The zero-order chi connectivity index (χ0) is 18.4. The Balaban J connectivity index is 2.45. The highest BCUT2D eigenvalue weighted by Crippen LogP contribution is 2.28. The molecular weight excluding hydrogens is 318 g/mol. The van der Waals surface area contributed by atoms with Crippen LogP contribution < -0.4 is 5.32 Å². The quantitative estimate of drug-likeness (QED) is 0.648. The third-order valence-corrected chi connectivity index (χ3v) is 4.03. The van der Waals surface area contributed by atoms with Gasteiger partial charge in [-0.2, -0.15) is 0 Å². The van der Waals surface area contributed by atoms with Gasteiger partial charge in [0.05, 0.1) is 18.7 Å². The van der Waals surface area contributed by atoms with Crippen molar-refractivity contribution in [3.05, 3.63) is 71.3 Å². The highest BCUT2D eigenvalue weighted by Gasteiger charge is 2.30. The fourth-order valence-corrected chi connectivity index (χ4v) is 2.77. The Bertz CT molecular complexity index is 770. The number of esters is 1. The van der Waals surface area contributed by atoms with E-state index in [4.69, 9.17) is 4.74 Å². The van der Waals surface area contributed by atoms with Crippen LogP contribution in [0.25, 0.3) is 0 Å². The van der Waals surface area contributed by atoms with Crippen molar-refractivity contribution in [1.29, 1.82) is 0 Å². The van der Waals surface area contributed by atoms with Gasteiger partial charge in [0.1, 0.15) is 0 Å². The van der Waals surface area contributed by atoms with Crippen molar-refractivity contribution < 1.29 is 19.1 Å². The van der Waals surface area contributed by atoms with Gasteiger partial charge in [0, 0.05) is 18.4 Å². The lowest BCUT2D eigenvalue weighted by molar-refractivity contribution is -0.119. The summed E-state index contributed by atoms with van der Waals surface area (Å²) in [7, 11) is 1.30. The van der Waals surface area contributed by atoms with Crippen LogP contribution in [0.3, 0.4) is 0 Å². The molecule has 0 spiro atoms. The first-order valence-corrected chi connectivity index (χ1v) is 7.99. The van der Waals surface area contributed by atoms with E-state index >= 15 is 0 Å². The summed E-state index contributed by atoms with van der Waals surface area (Å²) in [6.45, 7) is 3.12. The van der Waals surface area contributed by atoms with Crippen LogP contribution in [0.1, 0.15) is 46.2 Å². The molecule has 0 bridgehead atoms. The first-order valence-electron chi connectivity index (χ1n) is 7.99. The molecule has 1 N–H and O–H groups in total. The summed E-state index contributed by atoms with van der Waals surface area (Å²) < 4.78 is 4.82. The summed E-state index contributed by atoms with van der Waals surface area (Å²) in [6.07, 6.45) is 0. The van der Waals surface area contributed by atoms with Crippen LogP contribution in [-0.2, 0) is 9.53 Å². The second-order valence-electron chi connectivity index (χ2n) is 5.78. The summed E-state index contributed by atoms with van der Waals surface area (Å²) in [5, 5.41) is 2.80. The number of rotatable bonds is 6. The third-order valence-electron chi connectivity index (χ3n) is 4.03. The Morgan fingerprint density at radius 1 is 0.960 bits per heavy atom. The first-order chi connectivity index (χ1) is 12.0. The molecule has 2 atom stereocenters. The Morgan fingerprint density at radius 2 is 1.56 bits per heavy atom. The normalized spacial score (nSPS) is 12.8. The molecule has 5 nitrogen and oxygen atoms in total. The van der Waals surface area contributed by atoms with E-state index in [2.05, 4.69) is 5.32 Å². The van der Waals surface area contributed by atoms with E-state index in [1.807, 2.05) is 6.07 Å². The maximum absolute atomic E-state index is 12.8. The lowest BCUT2D eigenvalue weighted by atomic mass is 9.86. The molecule has 0 heterocycles. The van der Waals surface area contributed by atoms with Crippen LogP contribution >= 0.6 is 0 Å². The number of Topliss-reactive ketones (excluding diaryl/α,β-unsaturated/α-hetero) is 1. The number of benzene rings is 2. The van der Waals surface area contributed by atoms with Gasteiger partial charge in [0.25, 0.3) is 0 Å². The van der Waals surface area contributed by atoms with Gasteiger partial charge in [0.15, 0.2) is 5.78 Å². The molecule has 1 amide bonds. The molecule has 0 aromatic heterocycles. The summed E-state index contributed by atoms with van der Waals surface area (Å²) in [5.41, 5.74) is 1.44. The molecule has 0 radical (unpaired) electrons. The Labute approximate surface area is 147 Å². The number of carbonyl (C=O) groups excluding carboxylic acids is 3. The Hall–Kier alpha value is -2.95. The second-order valence-corrected chi connectivity index (χ2v) is 5.78. The van der Waals surface area contributed by atoms with Crippen molar-refractivity contribution >= 4 is 17.7 Å². The van der Waals surface area contributed by atoms with Gasteiger partial charge in [-0.3, -0.25) is 9.59 Å². The number of carbonyl (C=O) groups is 3. The predicted molar refractivity (Wildman–Crippen MR) is 94.3 cm³/mol. The van der Waals surface area contributed by atoms with Gasteiger partial charge in [-0.1, -0.05) is 55.5 Å². The van der Waals surface area contributed by atoms with Crippen LogP contribution in [0.2, 0.25) is 0 Å². The zero-order valence-corrected chi connectivity index (χ0v) is 14.5. The Kier molecular flexibility index (Phi) is 6.06. The summed E-state index contributed by atoms with van der Waals surface area (Å²) in [5.74, 6) is -1.46. The standard InChI is InChI=1S/C20H21NO4/c1-13(19(23)15-9-5-4-6-10-15)18(21-14(2)22)16-11-7-8-12-17(16)20(24)25-3/h4-13,18H,1-3H3,(H,21,22)/t13-,18-/m0/s1. The molecule has 2 aromatic carbocycles. The number of hydrogen-bond donors (Lipinski definition) is 1. The molecule has 2 aromatic rings. The molecule has 130 valence electrons. The van der Waals surface area contributed by atoms with E-state index in [1.165, 1.54) is 14.0 Å². The summed E-state index contributed by atoms with van der Waals surface area (Å²) >= 11 is 0. The average Bonchev–Trinajstić information content (AvgIpc) is 2.65. The minimum atomic E-state index is -0.638. The molecule has 0 aliphatic rings. The van der Waals surface area contributed by atoms with Crippen molar-refractivity contribution in [3.63, 3.8) is 0 Å². The maximum Gasteiger partial charge on any atom is 0.338 e. The van der Waals surface area contributed by atoms with E-state index in [-0.39, 0.29) is 11.7 Å². The maximum atomic E-state index is 12.8. The van der Waals surface area contributed by atoms with Gasteiger partial charge in [0.2, 0.25) is 5.91 Å². The monoisotopic (exact) mass is 339 g/mol. The van der Waals surface area contributed by atoms with Crippen molar-refractivity contribution in [2.75, 3.05) is 7.11 Å². The fraction of sp³-hybridized carbons (Fsp3) is 0.250. The Morgan fingerprint density at radius 3 is 2.16 bits per heavy atom. The number of ether oxygens (including phenoxy) is 1. The van der Waals surface area contributed by atoms with Gasteiger partial charge < -0.3 is 10.1 Å². The molecule has 5 heteroatoms. The first kappa shape index (κ1) is 18.4. The highest BCUT2D eigenvalue weighted by molar-refractivity contribution is 5.99. The van der Waals surface area contributed by atoms with E-state index < -0.39 is 17.9 Å². The lowest BCUT2D eigenvalue weighted by Crippen LogP contribution is -2.35. The smallest absolute Gasteiger partial charge is 0.338 e. The van der Waals surface area contributed by atoms with Crippen molar-refractivity contribution in [2.24, 2.45) is 5.92 Å². The van der Waals surface area contributed by atoms with Gasteiger partial charge in [-0.25, -0.2) is 4.79 Å². The minimum Gasteiger partial charge on any atom is -0.465 e. The number of nitrogens with one attached hydrogen (secondary N) is 1. The molecule has 0 saturated carbocycles. The minimum absolute atomic E-state index is 0.112. The highest BCUT2D eigenvalue weighted by atomic mass is 16.5. The lowest BCUT2D eigenvalue weighted by Gasteiger charge is -2.26. The molecule has 25 heavy (non-hydrogen) atoms. The average molecular weight is 339 g/mol. The topological polar surface area (TPSA) is 72.5 Å². The SMILES string of the molecule is COC(=O)c1ccccc1[C@@H](NC(C)=O)[C@H](C)C(=O)c1ccccc1. The molecular formula is C20H21NO4. The van der Waals surface area contributed by atoms with Crippen LogP contribution in [0.15, 0.2) is 54.6 Å². The molecule has 0 unspecified atom stereocenters. The molecule has 0 aliphatic carbocycles. The van der Waals surface area contributed by atoms with Gasteiger partial charge >= 0.3 is 5.97 Å². The molecule has 0 fully saturated rings. The molecule has 2 rings (SSSR count). The summed E-state index contributed by atoms with van der Waals surface area (Å²) in [4.78, 5) is 36.6. The van der Waals surface area contributed by atoms with E-state index in [1.54, 1.807) is 55.5 Å².